The van der Waals surface area contributed by atoms with E-state index < -0.39 is 0 Å². The fourth-order valence-corrected chi connectivity index (χ4v) is 2.09. The summed E-state index contributed by atoms with van der Waals surface area (Å²) >= 11 is 0. The number of rotatable bonds is 3. The summed E-state index contributed by atoms with van der Waals surface area (Å²) in [6, 6.07) is 10.2. The summed E-state index contributed by atoms with van der Waals surface area (Å²) in [6.45, 7) is 2.07. The third kappa shape index (κ3) is 2.27. The van der Waals surface area contributed by atoms with Crippen LogP contribution in [0.5, 0.6) is 0 Å². The predicted molar refractivity (Wildman–Crippen MR) is 67.1 cm³/mol. The van der Waals surface area contributed by atoms with E-state index in [1.165, 1.54) is 11.5 Å². The number of benzene rings is 1. The smallest absolute Gasteiger partial charge is 0.220 e. The van der Waals surface area contributed by atoms with Crippen LogP contribution in [0.25, 0.3) is 0 Å². The maximum Gasteiger partial charge on any atom is 0.220 e. The topological polar surface area (TPSA) is 53.3 Å². The van der Waals surface area contributed by atoms with Crippen molar-refractivity contribution in [1.29, 1.82) is 5.26 Å². The number of ether oxygens (including phenoxy) is 1. The second-order valence-electron chi connectivity index (χ2n) is 4.05. The number of fused-ring (bicyclic) bond motifs is 1. The number of allylic oxidation sites excluding steroid dienone is 1. The van der Waals surface area contributed by atoms with Crippen LogP contribution in [-0.4, -0.2) is 12.0 Å². The first kappa shape index (κ1) is 12.0. The van der Waals surface area contributed by atoms with E-state index in [2.05, 4.69) is 13.0 Å². The molecule has 1 unspecified atom stereocenters. The van der Waals surface area contributed by atoms with Crippen LogP contribution in [0.4, 0.5) is 5.69 Å². The fraction of sp³-hybridized carbons (Fsp3) is 0.214. The molecule has 0 saturated carbocycles. The standard InChI is InChI=1S/C14H12N2O2/c1-11-8-12-4-2-3-5-14(12)16(11)10-13(9-15)18-7-6-17/h2-5,7,10-11H,8H2,1H3. The first-order valence-corrected chi connectivity index (χ1v) is 5.60. The van der Waals surface area contributed by atoms with Crippen molar-refractivity contribution >= 4 is 11.6 Å². The van der Waals surface area contributed by atoms with Crippen molar-refractivity contribution in [1.82, 2.24) is 0 Å². The van der Waals surface area contributed by atoms with Crippen molar-refractivity contribution in [3.05, 3.63) is 48.1 Å². The van der Waals surface area contributed by atoms with E-state index >= 15 is 0 Å². The lowest BCUT2D eigenvalue weighted by atomic mass is 10.1. The van der Waals surface area contributed by atoms with Gasteiger partial charge in [-0.2, -0.15) is 5.26 Å². The van der Waals surface area contributed by atoms with Crippen LogP contribution in [0.1, 0.15) is 12.5 Å². The highest BCUT2D eigenvalue weighted by Crippen LogP contribution is 2.32. The highest BCUT2D eigenvalue weighted by atomic mass is 16.5. The third-order valence-electron chi connectivity index (χ3n) is 2.86. The monoisotopic (exact) mass is 240 g/mol. The van der Waals surface area contributed by atoms with Crippen LogP contribution in [0.2, 0.25) is 0 Å². The molecule has 0 aromatic heterocycles. The molecule has 0 radical (unpaired) electrons. The zero-order chi connectivity index (χ0) is 13.0. The Morgan fingerprint density at radius 3 is 3.06 bits per heavy atom. The second kappa shape index (κ2) is 5.22. The molecule has 1 aliphatic heterocycles. The van der Waals surface area contributed by atoms with Crippen molar-refractivity contribution in [2.45, 2.75) is 19.4 Å². The molecule has 90 valence electrons. The molecule has 1 aliphatic rings. The number of anilines is 1. The molecular formula is C14H12N2O2. The summed E-state index contributed by atoms with van der Waals surface area (Å²) in [5, 5.41) is 8.93. The summed E-state index contributed by atoms with van der Waals surface area (Å²) in [7, 11) is 0. The van der Waals surface area contributed by atoms with Crippen LogP contribution in [0.15, 0.2) is 42.5 Å². The summed E-state index contributed by atoms with van der Waals surface area (Å²) < 4.78 is 4.88. The molecule has 0 aliphatic carbocycles. The van der Waals surface area contributed by atoms with E-state index in [0.717, 1.165) is 18.4 Å². The van der Waals surface area contributed by atoms with Gasteiger partial charge in [-0.25, -0.2) is 4.79 Å². The number of carbonyl (C=O) groups excluding carboxylic acids is 1. The maximum absolute atomic E-state index is 10.1. The number of hydrogen-bond donors (Lipinski definition) is 0. The Labute approximate surface area is 105 Å². The minimum absolute atomic E-state index is 0.0712. The average Bonchev–Trinajstić information content (AvgIpc) is 2.70. The highest BCUT2D eigenvalue weighted by molar-refractivity contribution is 5.61. The van der Waals surface area contributed by atoms with Crippen LogP contribution >= 0.6 is 0 Å². The largest absolute Gasteiger partial charge is 0.441 e. The van der Waals surface area contributed by atoms with E-state index in [1.54, 1.807) is 6.20 Å². The van der Waals surface area contributed by atoms with Gasteiger partial charge in [-0.15, -0.1) is 0 Å². The zero-order valence-electron chi connectivity index (χ0n) is 9.96. The Morgan fingerprint density at radius 1 is 1.56 bits per heavy atom. The molecule has 1 atom stereocenters. The molecule has 18 heavy (non-hydrogen) atoms. The zero-order valence-corrected chi connectivity index (χ0v) is 9.96. The molecular weight excluding hydrogens is 228 g/mol. The Hall–Kier alpha value is -2.50. The van der Waals surface area contributed by atoms with Crippen molar-refractivity contribution in [2.24, 2.45) is 0 Å². The number of nitriles is 1. The molecule has 0 amide bonds. The molecule has 1 heterocycles. The normalized spacial score (nSPS) is 17.7. The van der Waals surface area contributed by atoms with Gasteiger partial charge in [-0.3, -0.25) is 0 Å². The van der Waals surface area contributed by atoms with Crippen molar-refractivity contribution in [3.63, 3.8) is 0 Å². The Morgan fingerprint density at radius 2 is 2.33 bits per heavy atom. The molecule has 4 heteroatoms. The van der Waals surface area contributed by atoms with Crippen LogP contribution in [-0.2, 0) is 16.0 Å². The van der Waals surface area contributed by atoms with E-state index in [-0.39, 0.29) is 11.8 Å². The average molecular weight is 240 g/mol. The highest BCUT2D eigenvalue weighted by Gasteiger charge is 2.24. The van der Waals surface area contributed by atoms with E-state index in [4.69, 9.17) is 10.00 Å². The quantitative estimate of drug-likeness (QED) is 0.461. The molecule has 2 rings (SSSR count). The summed E-state index contributed by atoms with van der Waals surface area (Å²) in [5.41, 5.74) is 2.31. The number of hydrogen-bond acceptors (Lipinski definition) is 4. The maximum atomic E-state index is 10.1. The molecule has 1 aromatic carbocycles. The summed E-state index contributed by atoms with van der Waals surface area (Å²) in [5.74, 6) is 1.55. The predicted octanol–water partition coefficient (Wildman–Crippen LogP) is 2.16. The van der Waals surface area contributed by atoms with Gasteiger partial charge in [0.1, 0.15) is 6.07 Å². The van der Waals surface area contributed by atoms with Gasteiger partial charge >= 0.3 is 0 Å². The van der Waals surface area contributed by atoms with Gasteiger partial charge in [-0.05, 0) is 25.0 Å². The van der Waals surface area contributed by atoms with E-state index in [0.29, 0.717) is 0 Å². The Balaban J connectivity index is 2.31. The SMILES string of the molecule is CC1Cc2ccccc2N1C=C(C#N)OC=C=O. The molecule has 4 nitrogen and oxygen atoms in total. The molecule has 1 aromatic rings. The van der Waals surface area contributed by atoms with Crippen LogP contribution in [0, 0.1) is 11.3 Å². The Kier molecular flexibility index (Phi) is 3.47. The van der Waals surface area contributed by atoms with E-state index in [1.807, 2.05) is 29.2 Å². The molecule has 0 fully saturated rings. The van der Waals surface area contributed by atoms with Gasteiger partial charge in [-0.1, -0.05) is 18.2 Å². The van der Waals surface area contributed by atoms with Crippen LogP contribution < -0.4 is 4.90 Å². The lowest BCUT2D eigenvalue weighted by Gasteiger charge is -2.20. The number of para-hydroxylation sites is 1. The minimum Gasteiger partial charge on any atom is -0.441 e. The third-order valence-corrected chi connectivity index (χ3v) is 2.86. The lowest BCUT2D eigenvalue weighted by molar-refractivity contribution is 0.370. The summed E-state index contributed by atoms with van der Waals surface area (Å²) in [6.07, 6.45) is 3.38. The second-order valence-corrected chi connectivity index (χ2v) is 4.05. The first-order valence-electron chi connectivity index (χ1n) is 5.60. The summed E-state index contributed by atoms with van der Waals surface area (Å²) in [4.78, 5) is 12.0. The molecule has 0 saturated heterocycles. The fourth-order valence-electron chi connectivity index (χ4n) is 2.09. The van der Waals surface area contributed by atoms with Crippen molar-refractivity contribution in [3.8, 4) is 6.07 Å². The van der Waals surface area contributed by atoms with Gasteiger partial charge in [0.05, 0.1) is 6.20 Å². The van der Waals surface area contributed by atoms with Crippen molar-refractivity contribution < 1.29 is 9.53 Å². The number of nitrogens with zero attached hydrogens (tertiary/aromatic N) is 2. The molecule has 0 spiro atoms. The van der Waals surface area contributed by atoms with Crippen LogP contribution in [0.3, 0.4) is 0 Å². The van der Waals surface area contributed by atoms with Gasteiger partial charge in [0.2, 0.25) is 5.76 Å². The van der Waals surface area contributed by atoms with Crippen molar-refractivity contribution in [2.75, 3.05) is 4.90 Å². The first-order chi connectivity index (χ1) is 8.76. The van der Waals surface area contributed by atoms with Gasteiger partial charge in [0.25, 0.3) is 0 Å². The van der Waals surface area contributed by atoms with E-state index in [9.17, 15) is 4.79 Å². The molecule has 0 N–H and O–H groups in total. The van der Waals surface area contributed by atoms with Gasteiger partial charge in [0.15, 0.2) is 12.2 Å². The van der Waals surface area contributed by atoms with Gasteiger partial charge < -0.3 is 9.64 Å². The minimum atomic E-state index is 0.0712. The van der Waals surface area contributed by atoms with Gasteiger partial charge in [0, 0.05) is 11.7 Å². The molecule has 0 bridgehead atoms. The lowest BCUT2D eigenvalue weighted by Crippen LogP contribution is -2.23. The Bertz CT molecular complexity index is 565.